The Kier molecular flexibility index (Phi) is 3.93. The third kappa shape index (κ3) is 3.56. The first kappa shape index (κ1) is 15.0. The Balaban J connectivity index is 2.35. The first-order valence-electron chi connectivity index (χ1n) is 6.57. The van der Waals surface area contributed by atoms with Crippen LogP contribution >= 0.6 is 0 Å². The van der Waals surface area contributed by atoms with Crippen molar-refractivity contribution in [2.45, 2.75) is 26.4 Å². The first-order valence-corrected chi connectivity index (χ1v) is 6.57. The Morgan fingerprint density at radius 2 is 1.81 bits per heavy atom. The highest BCUT2D eigenvalue weighted by Crippen LogP contribution is 2.15. The van der Waals surface area contributed by atoms with Crippen LogP contribution in [-0.2, 0) is 9.47 Å². The van der Waals surface area contributed by atoms with E-state index in [1.807, 2.05) is 20.8 Å². The number of hydrogen-bond donors (Lipinski definition) is 0. The average Bonchev–Trinajstić information content (AvgIpc) is 2.43. The highest BCUT2D eigenvalue weighted by atomic mass is 16.6. The Morgan fingerprint density at radius 3 is 2.43 bits per heavy atom. The normalized spacial score (nSPS) is 11.2. The molecule has 5 nitrogen and oxygen atoms in total. The van der Waals surface area contributed by atoms with Gasteiger partial charge in [0.25, 0.3) is 0 Å². The number of ether oxygens (including phenoxy) is 2. The molecule has 0 unspecified atom stereocenters. The van der Waals surface area contributed by atoms with Crippen molar-refractivity contribution in [3.63, 3.8) is 0 Å². The number of fused-ring (bicyclic) bond motifs is 1. The van der Waals surface area contributed by atoms with Crippen LogP contribution in [0.1, 0.15) is 31.1 Å². The molecule has 1 aromatic heterocycles. The molecule has 2 rings (SSSR count). The molecule has 0 spiro atoms. The van der Waals surface area contributed by atoms with E-state index in [1.165, 1.54) is 11.7 Å². The minimum atomic E-state index is -0.548. The molecule has 0 aliphatic heterocycles. The van der Waals surface area contributed by atoms with Gasteiger partial charge in [-0.1, -0.05) is 4.57 Å². The van der Waals surface area contributed by atoms with Gasteiger partial charge in [-0.3, -0.25) is 0 Å². The van der Waals surface area contributed by atoms with Gasteiger partial charge in [0.05, 0.1) is 12.7 Å². The van der Waals surface area contributed by atoms with Gasteiger partial charge in [-0.2, -0.15) is 4.79 Å². The van der Waals surface area contributed by atoms with E-state index in [0.29, 0.717) is 5.56 Å². The molecule has 1 heterocycles. The van der Waals surface area contributed by atoms with Crippen LogP contribution in [0.3, 0.4) is 0 Å². The van der Waals surface area contributed by atoms with Crippen LogP contribution in [0.25, 0.3) is 10.8 Å². The zero-order valence-corrected chi connectivity index (χ0v) is 12.5. The lowest BCUT2D eigenvalue weighted by molar-refractivity contribution is -0.586. The van der Waals surface area contributed by atoms with Crippen molar-refractivity contribution < 1.29 is 23.6 Å². The quantitative estimate of drug-likeness (QED) is 0.598. The van der Waals surface area contributed by atoms with E-state index in [0.717, 1.165) is 10.8 Å². The number of rotatable bonds is 1. The van der Waals surface area contributed by atoms with Crippen molar-refractivity contribution in [1.82, 2.24) is 0 Å². The summed E-state index contributed by atoms with van der Waals surface area (Å²) in [7, 11) is 1.34. The van der Waals surface area contributed by atoms with Gasteiger partial charge in [-0.05, 0) is 44.4 Å². The summed E-state index contributed by atoms with van der Waals surface area (Å²) < 4.78 is 11.4. The molecule has 0 N–H and O–H groups in total. The van der Waals surface area contributed by atoms with Crippen molar-refractivity contribution in [3.05, 3.63) is 42.2 Å². The molecule has 2 aromatic rings. The van der Waals surface area contributed by atoms with E-state index in [-0.39, 0.29) is 5.97 Å². The lowest BCUT2D eigenvalue weighted by Gasteiger charge is -2.15. The number of methoxy groups -OCH3 is 1. The van der Waals surface area contributed by atoms with Gasteiger partial charge >= 0.3 is 12.1 Å². The summed E-state index contributed by atoms with van der Waals surface area (Å²) in [6.45, 7) is 5.44. The number of pyridine rings is 1. The molecule has 0 saturated heterocycles. The van der Waals surface area contributed by atoms with Crippen LogP contribution in [-0.4, -0.2) is 24.8 Å². The largest absolute Gasteiger partial charge is 0.602 e. The van der Waals surface area contributed by atoms with Crippen LogP contribution in [0.4, 0.5) is 4.79 Å². The maximum Gasteiger partial charge on any atom is 0.602 e. The predicted molar refractivity (Wildman–Crippen MR) is 77.1 cm³/mol. The average molecular weight is 288 g/mol. The molecule has 0 fully saturated rings. The topological polar surface area (TPSA) is 56.5 Å². The molecule has 21 heavy (non-hydrogen) atoms. The fraction of sp³-hybridized carbons (Fsp3) is 0.312. The lowest BCUT2D eigenvalue weighted by atomic mass is 10.1. The molecule has 1 aromatic carbocycles. The van der Waals surface area contributed by atoms with Gasteiger partial charge < -0.3 is 9.47 Å². The summed E-state index contributed by atoms with van der Waals surface area (Å²) in [6, 6.07) is 6.91. The maximum absolute atomic E-state index is 12.0. The second-order valence-corrected chi connectivity index (χ2v) is 5.67. The van der Waals surface area contributed by atoms with E-state index in [2.05, 4.69) is 4.74 Å². The van der Waals surface area contributed by atoms with Gasteiger partial charge in [0.1, 0.15) is 5.60 Å². The van der Waals surface area contributed by atoms with Crippen molar-refractivity contribution in [2.75, 3.05) is 7.11 Å². The number of carbonyl (C=O) groups is 2. The monoisotopic (exact) mass is 288 g/mol. The van der Waals surface area contributed by atoms with Crippen molar-refractivity contribution in [1.29, 1.82) is 0 Å². The number of benzene rings is 1. The van der Waals surface area contributed by atoms with E-state index < -0.39 is 11.7 Å². The molecular formula is C16H18NO4+. The number of hydrogen-bond acceptors (Lipinski definition) is 4. The summed E-state index contributed by atoms with van der Waals surface area (Å²) in [5, 5.41) is 1.67. The molecule has 0 amide bonds. The van der Waals surface area contributed by atoms with E-state index in [9.17, 15) is 9.59 Å². The Hall–Kier alpha value is -2.43. The standard InChI is InChI=1S/C16H18NO4/c1-16(2,3)21-15(19)17-8-7-11-9-12(14(18)20-4)5-6-13(11)10-17/h5-10H,1-4H3/q+1. The Labute approximate surface area is 123 Å². The van der Waals surface area contributed by atoms with E-state index in [1.54, 1.807) is 36.7 Å². The van der Waals surface area contributed by atoms with Gasteiger partial charge in [0.15, 0.2) is 12.4 Å². The minimum absolute atomic E-state index is 0.388. The molecule has 0 atom stereocenters. The van der Waals surface area contributed by atoms with Crippen LogP contribution < -0.4 is 4.57 Å². The first-order chi connectivity index (χ1) is 9.80. The zero-order valence-electron chi connectivity index (χ0n) is 12.5. The number of nitrogens with zero attached hydrogens (tertiary/aromatic N) is 1. The van der Waals surface area contributed by atoms with E-state index in [4.69, 9.17) is 4.74 Å². The molecule has 0 aliphatic rings. The fourth-order valence-corrected chi connectivity index (χ4v) is 1.86. The summed E-state index contributed by atoms with van der Waals surface area (Å²) >= 11 is 0. The minimum Gasteiger partial charge on any atom is -0.465 e. The summed E-state index contributed by atoms with van der Waals surface area (Å²) in [4.78, 5) is 23.5. The molecule has 0 saturated carbocycles. The lowest BCUT2D eigenvalue weighted by Crippen LogP contribution is -2.45. The molecule has 0 aliphatic carbocycles. The molecule has 5 heteroatoms. The summed E-state index contributed by atoms with van der Waals surface area (Å²) in [5.41, 5.74) is -0.0756. The smallest absolute Gasteiger partial charge is 0.465 e. The van der Waals surface area contributed by atoms with Gasteiger partial charge in [-0.25, -0.2) is 4.79 Å². The van der Waals surface area contributed by atoms with Crippen molar-refractivity contribution in [3.8, 4) is 0 Å². The van der Waals surface area contributed by atoms with Crippen LogP contribution in [0.2, 0.25) is 0 Å². The van der Waals surface area contributed by atoms with Crippen LogP contribution in [0.5, 0.6) is 0 Å². The Bertz CT molecular complexity index is 701. The zero-order chi connectivity index (χ0) is 15.6. The summed E-state index contributed by atoms with van der Waals surface area (Å²) in [5.74, 6) is -0.388. The third-order valence-corrected chi connectivity index (χ3v) is 2.81. The predicted octanol–water partition coefficient (Wildman–Crippen LogP) is 2.70. The van der Waals surface area contributed by atoms with Crippen LogP contribution in [0, 0.1) is 0 Å². The second-order valence-electron chi connectivity index (χ2n) is 5.67. The Morgan fingerprint density at radius 1 is 1.10 bits per heavy atom. The van der Waals surface area contributed by atoms with Crippen molar-refractivity contribution >= 4 is 22.8 Å². The van der Waals surface area contributed by atoms with Crippen LogP contribution in [0.15, 0.2) is 36.7 Å². The number of esters is 1. The molecule has 0 bridgehead atoms. The third-order valence-electron chi connectivity index (χ3n) is 2.81. The molecule has 0 radical (unpaired) electrons. The highest BCUT2D eigenvalue weighted by Gasteiger charge is 2.24. The highest BCUT2D eigenvalue weighted by molar-refractivity contribution is 5.95. The van der Waals surface area contributed by atoms with Gasteiger partial charge in [0.2, 0.25) is 0 Å². The molecule has 110 valence electrons. The second kappa shape index (κ2) is 5.52. The maximum atomic E-state index is 12.0. The number of aromatic nitrogens is 1. The number of carbonyl (C=O) groups excluding carboxylic acids is 2. The SMILES string of the molecule is COC(=O)c1ccc2c[n+](C(=O)OC(C)(C)C)ccc2c1. The fourth-order valence-electron chi connectivity index (χ4n) is 1.86. The van der Waals surface area contributed by atoms with Gasteiger partial charge in [-0.15, -0.1) is 0 Å². The van der Waals surface area contributed by atoms with E-state index >= 15 is 0 Å². The summed E-state index contributed by atoms with van der Waals surface area (Å²) in [6.07, 6.45) is 2.84. The van der Waals surface area contributed by atoms with Gasteiger partial charge in [0, 0.05) is 11.5 Å². The van der Waals surface area contributed by atoms with Crippen molar-refractivity contribution in [2.24, 2.45) is 0 Å². The molecular weight excluding hydrogens is 270 g/mol.